The van der Waals surface area contributed by atoms with Crippen LogP contribution >= 0.6 is 0 Å². The summed E-state index contributed by atoms with van der Waals surface area (Å²) >= 11 is 0. The molecule has 0 aliphatic heterocycles. The van der Waals surface area contributed by atoms with Gasteiger partial charge in [-0.1, -0.05) is 18.2 Å². The van der Waals surface area contributed by atoms with E-state index in [9.17, 15) is 14.3 Å². The van der Waals surface area contributed by atoms with Gasteiger partial charge in [0.05, 0.1) is 11.9 Å². The summed E-state index contributed by atoms with van der Waals surface area (Å²) in [4.78, 5) is 15.1. The third-order valence-corrected chi connectivity index (χ3v) is 2.94. The maximum absolute atomic E-state index is 13.3. The van der Waals surface area contributed by atoms with Gasteiger partial charge in [0, 0.05) is 18.0 Å². The lowest BCUT2D eigenvalue weighted by Gasteiger charge is -2.00. The van der Waals surface area contributed by atoms with Gasteiger partial charge in [-0.05, 0) is 18.2 Å². The van der Waals surface area contributed by atoms with E-state index in [0.717, 1.165) is 11.9 Å². The quantitative estimate of drug-likeness (QED) is 0.802. The van der Waals surface area contributed by atoms with Crippen LogP contribution in [0.15, 0.2) is 55.0 Å². The normalized spacial score (nSPS) is 10.5. The number of nitrogens with zero attached hydrogens (tertiary/aromatic N) is 3. The maximum atomic E-state index is 13.3. The average Bonchev–Trinajstić information content (AvgIpc) is 2.93. The van der Waals surface area contributed by atoms with Gasteiger partial charge in [0.1, 0.15) is 17.1 Å². The lowest BCUT2D eigenvalue weighted by Crippen LogP contribution is -1.97. The summed E-state index contributed by atoms with van der Waals surface area (Å²) in [5, 5.41) is 13.5. The molecule has 0 saturated heterocycles. The zero-order valence-corrected chi connectivity index (χ0v) is 10.8. The molecule has 0 aliphatic rings. The molecule has 3 rings (SSSR count). The molecule has 2 heterocycles. The number of aromatic carboxylic acids is 1. The predicted octanol–water partition coefficient (Wildman–Crippen LogP) is 2.77. The largest absolute Gasteiger partial charge is 0.478 e. The summed E-state index contributed by atoms with van der Waals surface area (Å²) in [6.07, 6.45) is 3.84. The lowest BCUT2D eigenvalue weighted by atomic mass is 10.1. The molecule has 3 aromatic rings. The molecule has 104 valence electrons. The van der Waals surface area contributed by atoms with Crippen molar-refractivity contribution in [1.29, 1.82) is 0 Å². The van der Waals surface area contributed by atoms with Crippen molar-refractivity contribution in [2.75, 3.05) is 0 Å². The number of halogens is 1. The van der Waals surface area contributed by atoms with Crippen LogP contribution in [0.3, 0.4) is 0 Å². The molecular weight excluding hydrogens is 273 g/mol. The second kappa shape index (κ2) is 5.16. The fraction of sp³-hybridized carbons (Fsp3) is 0. The van der Waals surface area contributed by atoms with Gasteiger partial charge in [0.2, 0.25) is 0 Å². The van der Waals surface area contributed by atoms with Crippen LogP contribution in [0.1, 0.15) is 10.4 Å². The van der Waals surface area contributed by atoms with Crippen molar-refractivity contribution in [3.63, 3.8) is 0 Å². The molecule has 1 N–H and O–H groups in total. The van der Waals surface area contributed by atoms with Crippen LogP contribution in [0.4, 0.5) is 4.39 Å². The van der Waals surface area contributed by atoms with Crippen molar-refractivity contribution < 1.29 is 14.3 Å². The van der Waals surface area contributed by atoms with Crippen molar-refractivity contribution in [3.8, 4) is 16.9 Å². The minimum absolute atomic E-state index is 0.00810. The summed E-state index contributed by atoms with van der Waals surface area (Å²) in [6.45, 7) is 0. The number of pyridine rings is 1. The van der Waals surface area contributed by atoms with Crippen molar-refractivity contribution in [2.24, 2.45) is 0 Å². The highest BCUT2D eigenvalue weighted by atomic mass is 19.1. The monoisotopic (exact) mass is 283 g/mol. The molecule has 0 saturated carbocycles. The predicted molar refractivity (Wildman–Crippen MR) is 73.7 cm³/mol. The van der Waals surface area contributed by atoms with Gasteiger partial charge < -0.3 is 5.11 Å². The first kappa shape index (κ1) is 13.0. The highest BCUT2D eigenvalue weighted by molar-refractivity contribution is 5.94. The molecule has 6 heteroatoms. The molecule has 0 bridgehead atoms. The minimum Gasteiger partial charge on any atom is -0.478 e. The third-order valence-electron chi connectivity index (χ3n) is 2.94. The van der Waals surface area contributed by atoms with E-state index in [-0.39, 0.29) is 11.3 Å². The molecule has 21 heavy (non-hydrogen) atoms. The Bertz CT molecular complexity index is 800. The van der Waals surface area contributed by atoms with Crippen LogP contribution < -0.4 is 0 Å². The van der Waals surface area contributed by atoms with Crippen LogP contribution in [0.25, 0.3) is 16.9 Å². The van der Waals surface area contributed by atoms with E-state index in [4.69, 9.17) is 0 Å². The van der Waals surface area contributed by atoms with Gasteiger partial charge in [-0.3, -0.25) is 4.98 Å². The number of carboxylic acids is 1. The van der Waals surface area contributed by atoms with Crippen LogP contribution in [-0.4, -0.2) is 25.8 Å². The average molecular weight is 283 g/mol. The fourth-order valence-corrected chi connectivity index (χ4v) is 2.00. The topological polar surface area (TPSA) is 68.0 Å². The molecule has 0 spiro atoms. The Kier molecular flexibility index (Phi) is 3.19. The van der Waals surface area contributed by atoms with Crippen molar-refractivity contribution >= 4 is 5.97 Å². The van der Waals surface area contributed by atoms with Gasteiger partial charge in [-0.25, -0.2) is 13.9 Å². The summed E-state index contributed by atoms with van der Waals surface area (Å²) < 4.78 is 14.7. The van der Waals surface area contributed by atoms with Crippen LogP contribution in [0.5, 0.6) is 0 Å². The zero-order chi connectivity index (χ0) is 14.8. The van der Waals surface area contributed by atoms with Crippen LogP contribution in [0.2, 0.25) is 0 Å². The Morgan fingerprint density at radius 3 is 2.62 bits per heavy atom. The Morgan fingerprint density at radius 2 is 1.95 bits per heavy atom. The van der Waals surface area contributed by atoms with Gasteiger partial charge in [-0.15, -0.1) is 0 Å². The van der Waals surface area contributed by atoms with Crippen molar-refractivity contribution in [3.05, 3.63) is 66.4 Å². The van der Waals surface area contributed by atoms with E-state index in [2.05, 4.69) is 10.1 Å². The first-order chi connectivity index (χ1) is 10.1. The molecule has 2 aromatic heterocycles. The van der Waals surface area contributed by atoms with Crippen LogP contribution in [-0.2, 0) is 0 Å². The summed E-state index contributed by atoms with van der Waals surface area (Å²) in [6, 6.07) is 10.3. The number of benzene rings is 1. The van der Waals surface area contributed by atoms with E-state index in [1.807, 2.05) is 18.2 Å². The fourth-order valence-electron chi connectivity index (χ4n) is 2.00. The summed E-state index contributed by atoms with van der Waals surface area (Å²) in [5.74, 6) is -1.67. The Labute approximate surface area is 119 Å². The Balaban J connectivity index is 2.16. The SMILES string of the molecule is O=C(O)c1cn(-c2ccccc2)nc1-c1cncc(F)c1. The van der Waals surface area contributed by atoms with Crippen LogP contribution in [0, 0.1) is 5.82 Å². The van der Waals surface area contributed by atoms with E-state index in [1.165, 1.54) is 23.1 Å². The highest BCUT2D eigenvalue weighted by Crippen LogP contribution is 2.23. The van der Waals surface area contributed by atoms with Gasteiger partial charge in [0.25, 0.3) is 0 Å². The van der Waals surface area contributed by atoms with Gasteiger partial charge in [0.15, 0.2) is 0 Å². The van der Waals surface area contributed by atoms with E-state index in [1.54, 1.807) is 12.1 Å². The van der Waals surface area contributed by atoms with Gasteiger partial charge >= 0.3 is 5.97 Å². The number of carboxylic acid groups (broad SMARTS) is 1. The highest BCUT2D eigenvalue weighted by Gasteiger charge is 2.18. The number of rotatable bonds is 3. The van der Waals surface area contributed by atoms with E-state index in [0.29, 0.717) is 5.56 Å². The minimum atomic E-state index is -1.13. The molecule has 5 nitrogen and oxygen atoms in total. The molecule has 0 radical (unpaired) electrons. The second-order valence-corrected chi connectivity index (χ2v) is 4.37. The molecule has 0 unspecified atom stereocenters. The van der Waals surface area contributed by atoms with Gasteiger partial charge in [-0.2, -0.15) is 5.10 Å². The number of aromatic nitrogens is 3. The number of hydrogen-bond donors (Lipinski definition) is 1. The van der Waals surface area contributed by atoms with Crippen molar-refractivity contribution in [2.45, 2.75) is 0 Å². The first-order valence-electron chi connectivity index (χ1n) is 6.14. The molecule has 0 fully saturated rings. The number of para-hydroxylation sites is 1. The summed E-state index contributed by atoms with van der Waals surface area (Å²) in [7, 11) is 0. The zero-order valence-electron chi connectivity index (χ0n) is 10.8. The molecule has 1 aromatic carbocycles. The van der Waals surface area contributed by atoms with E-state index >= 15 is 0 Å². The van der Waals surface area contributed by atoms with E-state index < -0.39 is 11.8 Å². The Hall–Kier alpha value is -3.02. The second-order valence-electron chi connectivity index (χ2n) is 4.37. The standard InChI is InChI=1S/C15H10FN3O2/c16-11-6-10(7-17-8-11)14-13(15(20)21)9-19(18-14)12-4-2-1-3-5-12/h1-9H,(H,20,21). The molecular formula is C15H10FN3O2. The molecule has 0 aliphatic carbocycles. The molecule has 0 amide bonds. The number of carbonyl (C=O) groups is 1. The lowest BCUT2D eigenvalue weighted by molar-refractivity contribution is 0.0697. The third kappa shape index (κ3) is 2.51. The smallest absolute Gasteiger partial charge is 0.339 e. The maximum Gasteiger partial charge on any atom is 0.339 e. The summed E-state index contributed by atoms with van der Waals surface area (Å²) in [5.41, 5.74) is 1.21. The first-order valence-corrected chi connectivity index (χ1v) is 6.14. The van der Waals surface area contributed by atoms with Crippen molar-refractivity contribution in [1.82, 2.24) is 14.8 Å². The Morgan fingerprint density at radius 1 is 1.19 bits per heavy atom. The number of hydrogen-bond acceptors (Lipinski definition) is 3. The molecule has 0 atom stereocenters.